The van der Waals surface area contributed by atoms with Gasteiger partial charge in [-0.05, 0) is 19.1 Å². The van der Waals surface area contributed by atoms with E-state index in [1.54, 1.807) is 6.92 Å². The Balaban J connectivity index is 2.87. The van der Waals surface area contributed by atoms with Gasteiger partial charge in [0.25, 0.3) is 0 Å². The smallest absolute Gasteiger partial charge is 0.243 e. The lowest BCUT2D eigenvalue weighted by molar-refractivity contribution is -0.119. The van der Waals surface area contributed by atoms with Gasteiger partial charge in [0.05, 0.1) is 12.2 Å². The van der Waals surface area contributed by atoms with Crippen molar-refractivity contribution in [2.24, 2.45) is 0 Å². The molecule has 18 heavy (non-hydrogen) atoms. The average Bonchev–Trinajstić information content (AvgIpc) is 2.30. The normalized spacial score (nSPS) is 11.2. The lowest BCUT2D eigenvalue weighted by Gasteiger charge is -2.09. The van der Waals surface area contributed by atoms with Gasteiger partial charge in [-0.3, -0.25) is 4.79 Å². The van der Waals surface area contributed by atoms with E-state index in [-0.39, 0.29) is 4.90 Å². The van der Waals surface area contributed by atoms with Gasteiger partial charge in [-0.1, -0.05) is 6.07 Å². The SMILES string of the molecule is CCNC(=O)CNS(=O)(=O)c1cccc(F)c1N. The third kappa shape index (κ3) is 3.41. The van der Waals surface area contributed by atoms with Crippen LogP contribution in [-0.2, 0) is 14.8 Å². The van der Waals surface area contributed by atoms with E-state index >= 15 is 0 Å². The number of amides is 1. The largest absolute Gasteiger partial charge is 0.395 e. The van der Waals surface area contributed by atoms with Crippen LogP contribution in [0.15, 0.2) is 23.1 Å². The molecule has 0 aliphatic rings. The molecule has 0 saturated carbocycles. The second-order valence-corrected chi connectivity index (χ2v) is 5.17. The summed E-state index contributed by atoms with van der Waals surface area (Å²) in [5.74, 6) is -1.30. The summed E-state index contributed by atoms with van der Waals surface area (Å²) >= 11 is 0. The number of anilines is 1. The third-order valence-electron chi connectivity index (χ3n) is 2.10. The van der Waals surface area contributed by atoms with Gasteiger partial charge >= 0.3 is 0 Å². The molecule has 6 nitrogen and oxygen atoms in total. The first-order valence-corrected chi connectivity index (χ1v) is 6.67. The number of nitrogen functional groups attached to an aromatic ring is 1. The summed E-state index contributed by atoms with van der Waals surface area (Å²) < 4.78 is 38.7. The van der Waals surface area contributed by atoms with Crippen molar-refractivity contribution < 1.29 is 17.6 Å². The van der Waals surface area contributed by atoms with Crippen LogP contribution < -0.4 is 15.8 Å². The van der Waals surface area contributed by atoms with E-state index in [2.05, 4.69) is 5.32 Å². The first-order valence-electron chi connectivity index (χ1n) is 5.19. The number of carbonyl (C=O) groups excluding carboxylic acids is 1. The number of carbonyl (C=O) groups is 1. The number of likely N-dealkylation sites (N-methyl/N-ethyl adjacent to an activating group) is 1. The highest BCUT2D eigenvalue weighted by molar-refractivity contribution is 7.89. The van der Waals surface area contributed by atoms with Gasteiger partial charge in [-0.2, -0.15) is 0 Å². The quantitative estimate of drug-likeness (QED) is 0.649. The summed E-state index contributed by atoms with van der Waals surface area (Å²) in [5, 5.41) is 2.42. The molecule has 0 fully saturated rings. The number of para-hydroxylation sites is 1. The van der Waals surface area contributed by atoms with Gasteiger partial charge < -0.3 is 11.1 Å². The van der Waals surface area contributed by atoms with Gasteiger partial charge in [0.1, 0.15) is 10.7 Å². The maximum atomic E-state index is 13.1. The van der Waals surface area contributed by atoms with Crippen molar-refractivity contribution in [1.29, 1.82) is 0 Å². The average molecular weight is 275 g/mol. The molecule has 0 aliphatic heterocycles. The standard InChI is InChI=1S/C10H14FN3O3S/c1-2-13-9(15)6-14-18(16,17)8-5-3-4-7(11)10(8)12/h3-5,14H,2,6,12H2,1H3,(H,13,15). The highest BCUT2D eigenvalue weighted by atomic mass is 32.2. The van der Waals surface area contributed by atoms with Crippen molar-refractivity contribution >= 4 is 21.6 Å². The minimum atomic E-state index is -4.00. The Morgan fingerprint density at radius 3 is 2.72 bits per heavy atom. The molecular weight excluding hydrogens is 261 g/mol. The lowest BCUT2D eigenvalue weighted by atomic mass is 10.3. The fourth-order valence-electron chi connectivity index (χ4n) is 1.25. The van der Waals surface area contributed by atoms with E-state index in [1.165, 1.54) is 12.1 Å². The Bertz CT molecular complexity index is 545. The Kier molecular flexibility index (Phi) is 4.62. The monoisotopic (exact) mass is 275 g/mol. The van der Waals surface area contributed by atoms with Crippen molar-refractivity contribution in [3.05, 3.63) is 24.0 Å². The second-order valence-electron chi connectivity index (χ2n) is 3.43. The summed E-state index contributed by atoms with van der Waals surface area (Å²) in [6.45, 7) is 1.67. The molecule has 0 bridgehead atoms. The van der Waals surface area contributed by atoms with Crippen LogP contribution in [0, 0.1) is 5.82 Å². The topological polar surface area (TPSA) is 101 Å². The third-order valence-corrected chi connectivity index (χ3v) is 3.56. The predicted octanol–water partition coefficient (Wildman–Crippen LogP) is -0.178. The van der Waals surface area contributed by atoms with Crippen LogP contribution in [0.3, 0.4) is 0 Å². The molecule has 4 N–H and O–H groups in total. The van der Waals surface area contributed by atoms with Crippen molar-refractivity contribution in [3.8, 4) is 0 Å². The first-order chi connectivity index (χ1) is 8.38. The molecule has 8 heteroatoms. The van der Waals surface area contributed by atoms with E-state index in [4.69, 9.17) is 5.73 Å². The number of nitrogens with two attached hydrogens (primary N) is 1. The fourth-order valence-corrected chi connectivity index (χ4v) is 2.37. The number of hydrogen-bond acceptors (Lipinski definition) is 4. The molecule has 100 valence electrons. The van der Waals surface area contributed by atoms with Crippen LogP contribution in [0.25, 0.3) is 0 Å². The number of halogens is 1. The van der Waals surface area contributed by atoms with Gasteiger partial charge in [0.2, 0.25) is 15.9 Å². The van der Waals surface area contributed by atoms with E-state index in [0.717, 1.165) is 6.07 Å². The van der Waals surface area contributed by atoms with Crippen molar-refractivity contribution in [2.75, 3.05) is 18.8 Å². The van der Waals surface area contributed by atoms with Gasteiger partial charge in [-0.15, -0.1) is 0 Å². The summed E-state index contributed by atoms with van der Waals surface area (Å²) in [4.78, 5) is 10.7. The highest BCUT2D eigenvalue weighted by Crippen LogP contribution is 2.20. The zero-order chi connectivity index (χ0) is 13.8. The molecule has 0 heterocycles. The number of sulfonamides is 1. The molecule has 1 rings (SSSR count). The molecule has 0 aromatic heterocycles. The molecule has 0 spiro atoms. The van der Waals surface area contributed by atoms with E-state index in [9.17, 15) is 17.6 Å². The van der Waals surface area contributed by atoms with Crippen LogP contribution >= 0.6 is 0 Å². The lowest BCUT2D eigenvalue weighted by Crippen LogP contribution is -2.37. The minimum Gasteiger partial charge on any atom is -0.395 e. The molecule has 0 radical (unpaired) electrons. The number of benzene rings is 1. The van der Waals surface area contributed by atoms with Crippen LogP contribution in [0.5, 0.6) is 0 Å². The Labute approximate surface area is 104 Å². The van der Waals surface area contributed by atoms with E-state index < -0.39 is 34.0 Å². The molecule has 0 atom stereocenters. The molecule has 0 unspecified atom stereocenters. The molecule has 1 aromatic carbocycles. The van der Waals surface area contributed by atoms with Gasteiger partial charge in [0.15, 0.2) is 0 Å². The second kappa shape index (κ2) is 5.78. The molecule has 1 aromatic rings. The van der Waals surface area contributed by atoms with Crippen LogP contribution in [0.2, 0.25) is 0 Å². The fraction of sp³-hybridized carbons (Fsp3) is 0.300. The van der Waals surface area contributed by atoms with Crippen molar-refractivity contribution in [1.82, 2.24) is 10.0 Å². The van der Waals surface area contributed by atoms with E-state index in [0.29, 0.717) is 6.54 Å². The Hall–Kier alpha value is -1.67. The molecule has 1 amide bonds. The van der Waals surface area contributed by atoms with Gasteiger partial charge in [-0.25, -0.2) is 17.5 Å². The summed E-state index contributed by atoms with van der Waals surface area (Å²) in [5.41, 5.74) is 4.87. The highest BCUT2D eigenvalue weighted by Gasteiger charge is 2.19. The summed E-state index contributed by atoms with van der Waals surface area (Å²) in [6, 6.07) is 3.45. The predicted molar refractivity (Wildman–Crippen MR) is 64.7 cm³/mol. The molecule has 0 saturated heterocycles. The zero-order valence-corrected chi connectivity index (χ0v) is 10.6. The van der Waals surface area contributed by atoms with Crippen molar-refractivity contribution in [3.63, 3.8) is 0 Å². The van der Waals surface area contributed by atoms with Crippen LogP contribution in [0.1, 0.15) is 6.92 Å². The number of nitrogens with one attached hydrogen (secondary N) is 2. The molecular formula is C10H14FN3O3S. The van der Waals surface area contributed by atoms with Gasteiger partial charge in [0, 0.05) is 6.54 Å². The van der Waals surface area contributed by atoms with E-state index in [1.807, 2.05) is 4.72 Å². The number of rotatable bonds is 5. The van der Waals surface area contributed by atoms with Crippen LogP contribution in [-0.4, -0.2) is 27.4 Å². The maximum absolute atomic E-state index is 13.1. The minimum absolute atomic E-state index is 0.383. The zero-order valence-electron chi connectivity index (χ0n) is 9.73. The Morgan fingerprint density at radius 2 is 2.11 bits per heavy atom. The van der Waals surface area contributed by atoms with Crippen LogP contribution in [0.4, 0.5) is 10.1 Å². The Morgan fingerprint density at radius 1 is 1.44 bits per heavy atom. The molecule has 0 aliphatic carbocycles. The first kappa shape index (κ1) is 14.4. The maximum Gasteiger partial charge on any atom is 0.243 e. The number of hydrogen-bond donors (Lipinski definition) is 3. The summed E-state index contributed by atoms with van der Waals surface area (Å²) in [7, 11) is -4.00. The van der Waals surface area contributed by atoms with Crippen molar-refractivity contribution in [2.45, 2.75) is 11.8 Å². The summed E-state index contributed by atoms with van der Waals surface area (Å²) in [6.07, 6.45) is 0.